The molecule has 2 aliphatic heterocycles. The fourth-order valence-electron chi connectivity index (χ4n) is 3.80. The van der Waals surface area contributed by atoms with Crippen LogP contribution in [0.3, 0.4) is 0 Å². The van der Waals surface area contributed by atoms with Gasteiger partial charge in [0.2, 0.25) is 0 Å². The van der Waals surface area contributed by atoms with Crippen LogP contribution in [-0.2, 0) is 6.42 Å². The maximum atomic E-state index is 3.60. The summed E-state index contributed by atoms with van der Waals surface area (Å²) in [5, 5.41) is 3.60. The minimum Gasteiger partial charge on any atom is -0.384 e. The summed E-state index contributed by atoms with van der Waals surface area (Å²) in [6.45, 7) is 8.46. The number of hydrogen-bond acceptors (Lipinski definition) is 2. The van der Waals surface area contributed by atoms with Crippen LogP contribution in [0, 0.1) is 11.8 Å². The van der Waals surface area contributed by atoms with Crippen molar-refractivity contribution in [2.45, 2.75) is 39.2 Å². The van der Waals surface area contributed by atoms with Gasteiger partial charge in [-0.3, -0.25) is 4.90 Å². The Labute approximate surface area is 117 Å². The fourth-order valence-corrected chi connectivity index (χ4v) is 3.80. The number of likely N-dealkylation sites (tertiary alicyclic amines) is 1. The van der Waals surface area contributed by atoms with E-state index < -0.39 is 0 Å². The molecule has 0 saturated carbocycles. The van der Waals surface area contributed by atoms with Gasteiger partial charge in [0, 0.05) is 24.8 Å². The van der Waals surface area contributed by atoms with Crippen molar-refractivity contribution >= 4 is 5.69 Å². The molecule has 1 fully saturated rings. The standard InChI is InChI=1S/C17H26N2/c1-13(2)17-8-5-9-19(17)12-14-10-15-6-3-4-7-16(15)18-11-14/h3-4,6-7,13-14,17-18H,5,8-12H2,1-2H3. The van der Waals surface area contributed by atoms with E-state index in [0.717, 1.165) is 24.4 Å². The molecule has 2 nitrogen and oxygen atoms in total. The van der Waals surface area contributed by atoms with Gasteiger partial charge in [-0.2, -0.15) is 0 Å². The van der Waals surface area contributed by atoms with E-state index in [1.165, 1.54) is 43.6 Å². The smallest absolute Gasteiger partial charge is 0.0372 e. The Hall–Kier alpha value is -1.02. The van der Waals surface area contributed by atoms with Crippen LogP contribution in [0.1, 0.15) is 32.3 Å². The van der Waals surface area contributed by atoms with Crippen LogP contribution >= 0.6 is 0 Å². The fraction of sp³-hybridized carbons (Fsp3) is 0.647. The zero-order valence-corrected chi connectivity index (χ0v) is 12.2. The van der Waals surface area contributed by atoms with Crippen LogP contribution in [0.25, 0.3) is 0 Å². The number of hydrogen-bond donors (Lipinski definition) is 1. The molecular formula is C17H26N2. The number of para-hydroxylation sites is 1. The normalized spacial score (nSPS) is 27.3. The van der Waals surface area contributed by atoms with Gasteiger partial charge >= 0.3 is 0 Å². The summed E-state index contributed by atoms with van der Waals surface area (Å²) in [5.41, 5.74) is 2.85. The molecule has 1 N–H and O–H groups in total. The maximum Gasteiger partial charge on any atom is 0.0372 e. The third-order valence-corrected chi connectivity index (χ3v) is 4.78. The summed E-state index contributed by atoms with van der Waals surface area (Å²) in [6.07, 6.45) is 4.03. The van der Waals surface area contributed by atoms with Gasteiger partial charge in [-0.15, -0.1) is 0 Å². The number of rotatable bonds is 3. The second-order valence-electron chi connectivity index (χ2n) is 6.56. The second-order valence-corrected chi connectivity index (χ2v) is 6.56. The molecule has 2 unspecified atom stereocenters. The number of nitrogens with one attached hydrogen (secondary N) is 1. The lowest BCUT2D eigenvalue weighted by Gasteiger charge is -2.33. The lowest BCUT2D eigenvalue weighted by Crippen LogP contribution is -2.40. The lowest BCUT2D eigenvalue weighted by molar-refractivity contribution is 0.178. The van der Waals surface area contributed by atoms with Crippen LogP contribution in [0.5, 0.6) is 0 Å². The summed E-state index contributed by atoms with van der Waals surface area (Å²) in [5.74, 6) is 1.57. The Morgan fingerprint density at radius 1 is 1.32 bits per heavy atom. The number of fused-ring (bicyclic) bond motifs is 1. The number of nitrogens with zero attached hydrogens (tertiary/aromatic N) is 1. The summed E-state index contributed by atoms with van der Waals surface area (Å²) < 4.78 is 0. The van der Waals surface area contributed by atoms with Crippen molar-refractivity contribution in [2.24, 2.45) is 11.8 Å². The van der Waals surface area contributed by atoms with E-state index in [2.05, 4.69) is 48.3 Å². The van der Waals surface area contributed by atoms with Crippen LogP contribution in [0.15, 0.2) is 24.3 Å². The van der Waals surface area contributed by atoms with E-state index in [-0.39, 0.29) is 0 Å². The predicted octanol–water partition coefficient (Wildman–Crippen LogP) is 3.39. The molecule has 1 saturated heterocycles. The van der Waals surface area contributed by atoms with Crippen molar-refractivity contribution in [1.29, 1.82) is 0 Å². The Kier molecular flexibility index (Phi) is 3.79. The molecule has 104 valence electrons. The molecule has 0 radical (unpaired) electrons. The minimum absolute atomic E-state index is 0.772. The first-order valence-corrected chi connectivity index (χ1v) is 7.80. The Morgan fingerprint density at radius 2 is 2.16 bits per heavy atom. The van der Waals surface area contributed by atoms with Gasteiger partial charge in [-0.1, -0.05) is 32.0 Å². The van der Waals surface area contributed by atoms with Gasteiger partial charge in [0.05, 0.1) is 0 Å². The van der Waals surface area contributed by atoms with Crippen molar-refractivity contribution < 1.29 is 0 Å². The molecule has 2 atom stereocenters. The zero-order valence-electron chi connectivity index (χ0n) is 12.2. The number of benzene rings is 1. The largest absolute Gasteiger partial charge is 0.384 e. The van der Waals surface area contributed by atoms with Crippen molar-refractivity contribution in [2.75, 3.05) is 25.0 Å². The molecule has 19 heavy (non-hydrogen) atoms. The summed E-state index contributed by atoms with van der Waals surface area (Å²) in [4.78, 5) is 2.74. The molecule has 2 heteroatoms. The lowest BCUT2D eigenvalue weighted by atomic mass is 9.92. The molecule has 0 aliphatic carbocycles. The van der Waals surface area contributed by atoms with Crippen LogP contribution in [-0.4, -0.2) is 30.6 Å². The Balaban J connectivity index is 1.63. The molecule has 0 aromatic heterocycles. The Morgan fingerprint density at radius 3 is 3.00 bits per heavy atom. The SMILES string of the molecule is CC(C)C1CCCN1CC1CNc2ccccc2C1. The third-order valence-electron chi connectivity index (χ3n) is 4.78. The van der Waals surface area contributed by atoms with E-state index in [4.69, 9.17) is 0 Å². The van der Waals surface area contributed by atoms with Crippen LogP contribution in [0.2, 0.25) is 0 Å². The first-order chi connectivity index (χ1) is 9.24. The number of anilines is 1. The second kappa shape index (κ2) is 5.54. The van der Waals surface area contributed by atoms with E-state index in [1.54, 1.807) is 0 Å². The van der Waals surface area contributed by atoms with Crippen molar-refractivity contribution in [3.05, 3.63) is 29.8 Å². The molecule has 1 aromatic rings. The van der Waals surface area contributed by atoms with Gasteiger partial charge in [0.15, 0.2) is 0 Å². The van der Waals surface area contributed by atoms with Gasteiger partial charge in [0.25, 0.3) is 0 Å². The highest BCUT2D eigenvalue weighted by Crippen LogP contribution is 2.28. The first-order valence-electron chi connectivity index (χ1n) is 7.80. The van der Waals surface area contributed by atoms with Crippen LogP contribution in [0.4, 0.5) is 5.69 Å². The molecule has 0 amide bonds. The highest BCUT2D eigenvalue weighted by atomic mass is 15.2. The van der Waals surface area contributed by atoms with Gasteiger partial charge < -0.3 is 5.32 Å². The van der Waals surface area contributed by atoms with Crippen molar-refractivity contribution in [3.63, 3.8) is 0 Å². The average Bonchev–Trinajstić information content (AvgIpc) is 2.87. The predicted molar refractivity (Wildman–Crippen MR) is 81.6 cm³/mol. The quantitative estimate of drug-likeness (QED) is 0.894. The minimum atomic E-state index is 0.772. The molecular weight excluding hydrogens is 232 g/mol. The molecule has 2 heterocycles. The Bertz CT molecular complexity index is 427. The summed E-state index contributed by atoms with van der Waals surface area (Å²) >= 11 is 0. The monoisotopic (exact) mass is 258 g/mol. The van der Waals surface area contributed by atoms with E-state index in [0.29, 0.717) is 0 Å². The molecule has 0 spiro atoms. The van der Waals surface area contributed by atoms with E-state index >= 15 is 0 Å². The van der Waals surface area contributed by atoms with Crippen LogP contribution < -0.4 is 5.32 Å². The molecule has 3 rings (SSSR count). The van der Waals surface area contributed by atoms with Gasteiger partial charge in [0.1, 0.15) is 0 Å². The molecule has 2 aliphatic rings. The molecule has 1 aromatic carbocycles. The van der Waals surface area contributed by atoms with Gasteiger partial charge in [-0.25, -0.2) is 0 Å². The summed E-state index contributed by atoms with van der Waals surface area (Å²) in [6, 6.07) is 9.59. The molecule has 0 bridgehead atoms. The average molecular weight is 258 g/mol. The van der Waals surface area contributed by atoms with E-state index in [1.807, 2.05) is 0 Å². The zero-order chi connectivity index (χ0) is 13.2. The van der Waals surface area contributed by atoms with Gasteiger partial charge in [-0.05, 0) is 49.3 Å². The van der Waals surface area contributed by atoms with Crippen molar-refractivity contribution in [3.8, 4) is 0 Å². The van der Waals surface area contributed by atoms with Crippen molar-refractivity contribution in [1.82, 2.24) is 4.90 Å². The highest BCUT2D eigenvalue weighted by Gasteiger charge is 2.29. The maximum absolute atomic E-state index is 3.60. The van der Waals surface area contributed by atoms with E-state index in [9.17, 15) is 0 Å². The topological polar surface area (TPSA) is 15.3 Å². The highest BCUT2D eigenvalue weighted by molar-refractivity contribution is 5.53. The first kappa shape index (κ1) is 13.0. The summed E-state index contributed by atoms with van der Waals surface area (Å²) in [7, 11) is 0. The third kappa shape index (κ3) is 2.79.